The van der Waals surface area contributed by atoms with E-state index >= 15 is 0 Å². The standard InChI is InChI=1S/C21H15NO2/c23-21(24)17-8-3-7-16(13-17)18-11-12-22(14-18)20-10-4-6-15-5-1-2-9-19(15)20/h1-14H,(H,23,24). The zero-order valence-electron chi connectivity index (χ0n) is 12.9. The SMILES string of the molecule is O=C(O)c1cccc(-c2ccn(-c3cccc4ccccc34)c2)c1. The summed E-state index contributed by atoms with van der Waals surface area (Å²) in [6.07, 6.45) is 4.04. The summed E-state index contributed by atoms with van der Waals surface area (Å²) in [6, 6.07) is 23.5. The maximum Gasteiger partial charge on any atom is 0.335 e. The smallest absolute Gasteiger partial charge is 0.335 e. The Bertz CT molecular complexity index is 1040. The minimum Gasteiger partial charge on any atom is -0.478 e. The third-order valence-corrected chi connectivity index (χ3v) is 4.18. The lowest BCUT2D eigenvalue weighted by atomic mass is 10.1. The first-order valence-electron chi connectivity index (χ1n) is 7.72. The van der Waals surface area contributed by atoms with Gasteiger partial charge in [0.15, 0.2) is 0 Å². The van der Waals surface area contributed by atoms with Crippen LogP contribution in [0.3, 0.4) is 0 Å². The lowest BCUT2D eigenvalue weighted by molar-refractivity contribution is 0.0697. The van der Waals surface area contributed by atoms with Gasteiger partial charge in [0.1, 0.15) is 0 Å². The van der Waals surface area contributed by atoms with Crippen molar-refractivity contribution >= 4 is 16.7 Å². The highest BCUT2D eigenvalue weighted by molar-refractivity contribution is 5.91. The second-order valence-electron chi connectivity index (χ2n) is 5.69. The molecule has 0 saturated carbocycles. The summed E-state index contributed by atoms with van der Waals surface area (Å²) >= 11 is 0. The molecule has 116 valence electrons. The first-order valence-corrected chi connectivity index (χ1v) is 7.72. The second-order valence-corrected chi connectivity index (χ2v) is 5.69. The molecule has 0 amide bonds. The Labute approximate surface area is 139 Å². The van der Waals surface area contributed by atoms with E-state index in [4.69, 9.17) is 5.11 Å². The predicted octanol–water partition coefficient (Wildman–Crippen LogP) is 5.00. The molecule has 0 spiro atoms. The fourth-order valence-electron chi connectivity index (χ4n) is 2.98. The summed E-state index contributed by atoms with van der Waals surface area (Å²) in [6.45, 7) is 0. The molecule has 0 aliphatic rings. The molecule has 3 nitrogen and oxygen atoms in total. The molecule has 0 saturated heterocycles. The Hall–Kier alpha value is -3.33. The van der Waals surface area contributed by atoms with E-state index in [-0.39, 0.29) is 0 Å². The number of nitrogens with zero attached hydrogens (tertiary/aromatic N) is 1. The quantitative estimate of drug-likeness (QED) is 0.578. The van der Waals surface area contributed by atoms with Crippen molar-refractivity contribution < 1.29 is 9.90 Å². The molecule has 3 heteroatoms. The van der Waals surface area contributed by atoms with Crippen LogP contribution in [0.2, 0.25) is 0 Å². The third-order valence-electron chi connectivity index (χ3n) is 4.18. The zero-order chi connectivity index (χ0) is 16.5. The highest BCUT2D eigenvalue weighted by atomic mass is 16.4. The number of carboxylic acids is 1. The van der Waals surface area contributed by atoms with E-state index in [1.54, 1.807) is 18.2 Å². The van der Waals surface area contributed by atoms with Gasteiger partial charge < -0.3 is 9.67 Å². The summed E-state index contributed by atoms with van der Waals surface area (Å²) in [5, 5.41) is 11.5. The van der Waals surface area contributed by atoms with E-state index in [1.165, 1.54) is 10.8 Å². The van der Waals surface area contributed by atoms with Crippen molar-refractivity contribution in [2.45, 2.75) is 0 Å². The molecule has 0 unspecified atom stereocenters. The van der Waals surface area contributed by atoms with Crippen molar-refractivity contribution in [2.24, 2.45) is 0 Å². The van der Waals surface area contributed by atoms with Crippen molar-refractivity contribution in [3.63, 3.8) is 0 Å². The maximum absolute atomic E-state index is 11.2. The molecule has 1 N–H and O–H groups in total. The molecule has 24 heavy (non-hydrogen) atoms. The number of hydrogen-bond acceptors (Lipinski definition) is 1. The van der Waals surface area contributed by atoms with Crippen LogP contribution in [0, 0.1) is 0 Å². The van der Waals surface area contributed by atoms with Crippen LogP contribution >= 0.6 is 0 Å². The molecule has 4 rings (SSSR count). The Balaban J connectivity index is 1.80. The summed E-state index contributed by atoms with van der Waals surface area (Å²) in [5.74, 6) is -0.912. The molecular formula is C21H15NO2. The average molecular weight is 313 g/mol. The van der Waals surface area contributed by atoms with Crippen LogP contribution in [-0.4, -0.2) is 15.6 Å². The Kier molecular flexibility index (Phi) is 3.39. The topological polar surface area (TPSA) is 42.2 Å². The molecule has 0 radical (unpaired) electrons. The number of benzene rings is 3. The van der Waals surface area contributed by atoms with Crippen molar-refractivity contribution in [2.75, 3.05) is 0 Å². The van der Waals surface area contributed by atoms with Crippen LogP contribution in [0.4, 0.5) is 0 Å². The van der Waals surface area contributed by atoms with Gasteiger partial charge in [0.25, 0.3) is 0 Å². The van der Waals surface area contributed by atoms with Crippen molar-refractivity contribution in [1.29, 1.82) is 0 Å². The van der Waals surface area contributed by atoms with Gasteiger partial charge in [-0.15, -0.1) is 0 Å². The minimum atomic E-state index is -0.912. The fourth-order valence-corrected chi connectivity index (χ4v) is 2.98. The normalized spacial score (nSPS) is 10.8. The Morgan fingerprint density at radius 3 is 2.50 bits per heavy atom. The third kappa shape index (κ3) is 2.46. The first kappa shape index (κ1) is 14.3. The van der Waals surface area contributed by atoms with E-state index in [9.17, 15) is 4.79 Å². The Morgan fingerprint density at radius 2 is 1.62 bits per heavy atom. The lowest BCUT2D eigenvalue weighted by Crippen LogP contribution is -1.95. The van der Waals surface area contributed by atoms with Crippen LogP contribution in [0.1, 0.15) is 10.4 Å². The molecule has 0 bridgehead atoms. The van der Waals surface area contributed by atoms with E-state index in [0.717, 1.165) is 16.8 Å². The van der Waals surface area contributed by atoms with Crippen LogP contribution in [0.5, 0.6) is 0 Å². The minimum absolute atomic E-state index is 0.297. The molecule has 3 aromatic carbocycles. The summed E-state index contributed by atoms with van der Waals surface area (Å²) < 4.78 is 2.07. The maximum atomic E-state index is 11.2. The number of rotatable bonds is 3. The summed E-state index contributed by atoms with van der Waals surface area (Å²) in [5.41, 5.74) is 3.29. The predicted molar refractivity (Wildman–Crippen MR) is 95.7 cm³/mol. The Morgan fingerprint density at radius 1 is 0.833 bits per heavy atom. The molecule has 0 aliphatic heterocycles. The van der Waals surface area contributed by atoms with Gasteiger partial charge in [-0.25, -0.2) is 4.79 Å². The second kappa shape index (κ2) is 5.70. The summed E-state index contributed by atoms with van der Waals surface area (Å²) in [7, 11) is 0. The van der Waals surface area contributed by atoms with Gasteiger partial charge in [0.05, 0.1) is 11.3 Å². The number of carbonyl (C=O) groups is 1. The monoisotopic (exact) mass is 313 g/mol. The molecule has 0 aliphatic carbocycles. The van der Waals surface area contributed by atoms with E-state index in [0.29, 0.717) is 5.56 Å². The van der Waals surface area contributed by atoms with E-state index in [1.807, 2.05) is 42.7 Å². The first-order chi connectivity index (χ1) is 11.7. The molecule has 1 heterocycles. The number of carboxylic acid groups (broad SMARTS) is 1. The van der Waals surface area contributed by atoms with Crippen LogP contribution < -0.4 is 0 Å². The van der Waals surface area contributed by atoms with E-state index in [2.05, 4.69) is 28.8 Å². The van der Waals surface area contributed by atoms with Gasteiger partial charge in [0.2, 0.25) is 0 Å². The van der Waals surface area contributed by atoms with Gasteiger partial charge in [-0.3, -0.25) is 0 Å². The number of aromatic carboxylic acids is 1. The van der Waals surface area contributed by atoms with Crippen molar-refractivity contribution in [1.82, 2.24) is 4.57 Å². The van der Waals surface area contributed by atoms with Crippen molar-refractivity contribution in [3.05, 3.63) is 90.8 Å². The van der Waals surface area contributed by atoms with Gasteiger partial charge in [-0.2, -0.15) is 0 Å². The average Bonchev–Trinajstić information content (AvgIpc) is 3.11. The number of fused-ring (bicyclic) bond motifs is 1. The van der Waals surface area contributed by atoms with Gasteiger partial charge in [0, 0.05) is 17.8 Å². The van der Waals surface area contributed by atoms with E-state index < -0.39 is 5.97 Å². The summed E-state index contributed by atoms with van der Waals surface area (Å²) in [4.78, 5) is 11.2. The molecule has 4 aromatic rings. The lowest BCUT2D eigenvalue weighted by Gasteiger charge is -2.07. The zero-order valence-corrected chi connectivity index (χ0v) is 12.9. The number of aromatic nitrogens is 1. The van der Waals surface area contributed by atoms with Gasteiger partial charge in [-0.1, -0.05) is 48.5 Å². The van der Waals surface area contributed by atoms with Gasteiger partial charge >= 0.3 is 5.97 Å². The van der Waals surface area contributed by atoms with Gasteiger partial charge in [-0.05, 0) is 40.8 Å². The largest absolute Gasteiger partial charge is 0.478 e. The van der Waals surface area contributed by atoms with Crippen molar-refractivity contribution in [3.8, 4) is 16.8 Å². The molecule has 1 aromatic heterocycles. The molecule has 0 fully saturated rings. The highest BCUT2D eigenvalue weighted by Gasteiger charge is 2.08. The molecular weight excluding hydrogens is 298 g/mol. The van der Waals surface area contributed by atoms with Crippen LogP contribution in [0.25, 0.3) is 27.6 Å². The van der Waals surface area contributed by atoms with Crippen LogP contribution in [0.15, 0.2) is 85.2 Å². The number of hydrogen-bond donors (Lipinski definition) is 1. The highest BCUT2D eigenvalue weighted by Crippen LogP contribution is 2.26. The van der Waals surface area contributed by atoms with Crippen LogP contribution in [-0.2, 0) is 0 Å². The fraction of sp³-hybridized carbons (Fsp3) is 0. The molecule has 0 atom stereocenters.